The lowest BCUT2D eigenvalue weighted by atomic mass is 10.1. The molecule has 0 fully saturated rings. The summed E-state index contributed by atoms with van der Waals surface area (Å²) in [7, 11) is 0. The van der Waals surface area contributed by atoms with Crippen molar-refractivity contribution in [2.45, 2.75) is 39.7 Å². The first-order valence-corrected chi connectivity index (χ1v) is 6.87. The average Bonchev–Trinajstić information content (AvgIpc) is 2.38. The predicted octanol–water partition coefficient (Wildman–Crippen LogP) is 3.82. The number of hydrogen-bond acceptors (Lipinski definition) is 2. The van der Waals surface area contributed by atoms with Gasteiger partial charge in [-0.2, -0.15) is 0 Å². The molecular formula is C16H22N2. The number of para-hydroxylation sites is 1. The maximum absolute atomic E-state index is 4.57. The molecule has 0 amide bonds. The Morgan fingerprint density at radius 3 is 2.83 bits per heavy atom. The van der Waals surface area contributed by atoms with E-state index in [-0.39, 0.29) is 0 Å². The molecule has 0 spiro atoms. The van der Waals surface area contributed by atoms with E-state index >= 15 is 0 Å². The molecule has 2 nitrogen and oxygen atoms in total. The van der Waals surface area contributed by atoms with E-state index in [1.807, 2.05) is 6.07 Å². The normalized spacial score (nSPS) is 11.0. The highest BCUT2D eigenvalue weighted by atomic mass is 14.8. The summed E-state index contributed by atoms with van der Waals surface area (Å²) >= 11 is 0. The van der Waals surface area contributed by atoms with E-state index in [1.165, 1.54) is 30.2 Å². The van der Waals surface area contributed by atoms with Gasteiger partial charge in [0.2, 0.25) is 0 Å². The first kappa shape index (κ1) is 13.0. The molecule has 0 radical (unpaired) electrons. The van der Waals surface area contributed by atoms with Crippen molar-refractivity contribution in [2.75, 3.05) is 6.54 Å². The molecule has 2 aromatic rings. The number of rotatable bonds is 6. The molecule has 2 rings (SSSR count). The van der Waals surface area contributed by atoms with Gasteiger partial charge in [0.1, 0.15) is 0 Å². The monoisotopic (exact) mass is 242 g/mol. The molecule has 1 heterocycles. The molecule has 0 aliphatic rings. The third kappa shape index (κ3) is 3.30. The van der Waals surface area contributed by atoms with E-state index in [0.717, 1.165) is 24.3 Å². The second-order valence-corrected chi connectivity index (χ2v) is 4.82. The van der Waals surface area contributed by atoms with Gasteiger partial charge in [0.05, 0.1) is 5.52 Å². The third-order valence-corrected chi connectivity index (χ3v) is 3.20. The Kier molecular flexibility index (Phi) is 4.71. The minimum absolute atomic E-state index is 0.938. The van der Waals surface area contributed by atoms with Crippen molar-refractivity contribution >= 4 is 10.9 Å². The topological polar surface area (TPSA) is 24.9 Å². The summed E-state index contributed by atoms with van der Waals surface area (Å²) in [6.07, 6.45) is 3.85. The Balaban J connectivity index is 2.07. The highest BCUT2D eigenvalue weighted by Gasteiger charge is 2.02. The van der Waals surface area contributed by atoms with Gasteiger partial charge in [-0.1, -0.05) is 38.0 Å². The van der Waals surface area contributed by atoms with Crippen LogP contribution < -0.4 is 5.32 Å². The Hall–Kier alpha value is -1.41. The van der Waals surface area contributed by atoms with Crippen molar-refractivity contribution in [3.63, 3.8) is 0 Å². The van der Waals surface area contributed by atoms with Crippen LogP contribution in [-0.2, 0) is 6.54 Å². The number of hydrogen-bond donors (Lipinski definition) is 1. The van der Waals surface area contributed by atoms with Crippen molar-refractivity contribution in [2.24, 2.45) is 0 Å². The molecule has 0 atom stereocenters. The maximum Gasteiger partial charge on any atom is 0.0708 e. The second-order valence-electron chi connectivity index (χ2n) is 4.82. The summed E-state index contributed by atoms with van der Waals surface area (Å²) in [5, 5.41) is 4.80. The number of fused-ring (bicyclic) bond motifs is 1. The molecule has 1 aromatic heterocycles. The number of pyridine rings is 1. The number of unbranched alkanes of at least 4 members (excludes halogenated alkanes) is 2. The number of nitrogens with zero attached hydrogens (tertiary/aromatic N) is 1. The van der Waals surface area contributed by atoms with Crippen LogP contribution in [0.3, 0.4) is 0 Å². The number of benzene rings is 1. The zero-order valence-electron chi connectivity index (χ0n) is 11.4. The van der Waals surface area contributed by atoms with Crippen LogP contribution in [0, 0.1) is 6.92 Å². The SMILES string of the molecule is CCCCCNCc1cc(C)nc2ccccc12. The van der Waals surface area contributed by atoms with Gasteiger partial charge < -0.3 is 5.32 Å². The minimum atomic E-state index is 0.938. The van der Waals surface area contributed by atoms with E-state index in [2.05, 4.69) is 48.4 Å². The van der Waals surface area contributed by atoms with Crippen LogP contribution in [0.5, 0.6) is 0 Å². The fourth-order valence-electron chi connectivity index (χ4n) is 2.26. The largest absolute Gasteiger partial charge is 0.313 e. The van der Waals surface area contributed by atoms with Crippen LogP contribution in [0.4, 0.5) is 0 Å². The molecular weight excluding hydrogens is 220 g/mol. The molecule has 0 aliphatic heterocycles. The summed E-state index contributed by atoms with van der Waals surface area (Å²) < 4.78 is 0. The minimum Gasteiger partial charge on any atom is -0.313 e. The highest BCUT2D eigenvalue weighted by molar-refractivity contribution is 5.82. The van der Waals surface area contributed by atoms with E-state index in [1.54, 1.807) is 0 Å². The standard InChI is InChI=1S/C16H22N2/c1-3-4-7-10-17-12-14-11-13(2)18-16-9-6-5-8-15(14)16/h5-6,8-9,11,17H,3-4,7,10,12H2,1-2H3. The fraction of sp³-hybridized carbons (Fsp3) is 0.438. The molecule has 0 bridgehead atoms. The summed E-state index contributed by atoms with van der Waals surface area (Å²) in [6, 6.07) is 10.6. The molecule has 1 N–H and O–H groups in total. The van der Waals surface area contributed by atoms with E-state index in [9.17, 15) is 0 Å². The van der Waals surface area contributed by atoms with Crippen molar-refractivity contribution < 1.29 is 0 Å². The number of nitrogens with one attached hydrogen (secondary N) is 1. The third-order valence-electron chi connectivity index (χ3n) is 3.20. The Morgan fingerprint density at radius 1 is 1.17 bits per heavy atom. The van der Waals surface area contributed by atoms with Gasteiger partial charge >= 0.3 is 0 Å². The Labute approximate surface area is 109 Å². The van der Waals surface area contributed by atoms with Gasteiger partial charge in [-0.25, -0.2) is 0 Å². The lowest BCUT2D eigenvalue weighted by Gasteiger charge is -2.09. The van der Waals surface area contributed by atoms with Crippen LogP contribution in [0.15, 0.2) is 30.3 Å². The molecule has 96 valence electrons. The zero-order chi connectivity index (χ0) is 12.8. The second kappa shape index (κ2) is 6.50. The molecule has 0 saturated carbocycles. The van der Waals surface area contributed by atoms with Crippen molar-refractivity contribution in [1.82, 2.24) is 10.3 Å². The van der Waals surface area contributed by atoms with Gasteiger partial charge in [-0.3, -0.25) is 4.98 Å². The van der Waals surface area contributed by atoms with Crippen LogP contribution in [0.1, 0.15) is 37.4 Å². The average molecular weight is 242 g/mol. The highest BCUT2D eigenvalue weighted by Crippen LogP contribution is 2.17. The van der Waals surface area contributed by atoms with Gasteiger partial charge in [0.25, 0.3) is 0 Å². The first-order chi connectivity index (χ1) is 8.81. The molecule has 2 heteroatoms. The van der Waals surface area contributed by atoms with E-state index < -0.39 is 0 Å². The summed E-state index contributed by atoms with van der Waals surface area (Å²) in [5.74, 6) is 0. The van der Waals surface area contributed by atoms with Gasteiger partial charge in [0, 0.05) is 17.6 Å². The van der Waals surface area contributed by atoms with Crippen LogP contribution >= 0.6 is 0 Å². The summed E-state index contributed by atoms with van der Waals surface area (Å²) in [5.41, 5.74) is 3.55. The van der Waals surface area contributed by atoms with Gasteiger partial charge in [0.15, 0.2) is 0 Å². The quantitative estimate of drug-likeness (QED) is 0.779. The Morgan fingerprint density at radius 2 is 2.00 bits per heavy atom. The lowest BCUT2D eigenvalue weighted by Crippen LogP contribution is -2.15. The van der Waals surface area contributed by atoms with E-state index in [4.69, 9.17) is 0 Å². The lowest BCUT2D eigenvalue weighted by molar-refractivity contribution is 0.618. The molecule has 0 aliphatic carbocycles. The van der Waals surface area contributed by atoms with Crippen LogP contribution in [0.2, 0.25) is 0 Å². The molecule has 0 saturated heterocycles. The van der Waals surface area contributed by atoms with E-state index in [0.29, 0.717) is 0 Å². The van der Waals surface area contributed by atoms with Crippen molar-refractivity contribution in [1.29, 1.82) is 0 Å². The Bertz CT molecular complexity index is 505. The van der Waals surface area contributed by atoms with Gasteiger partial charge in [-0.05, 0) is 37.6 Å². The predicted molar refractivity (Wildman–Crippen MR) is 77.7 cm³/mol. The zero-order valence-corrected chi connectivity index (χ0v) is 11.4. The van der Waals surface area contributed by atoms with Crippen LogP contribution in [0.25, 0.3) is 10.9 Å². The fourth-order valence-corrected chi connectivity index (χ4v) is 2.26. The maximum atomic E-state index is 4.57. The van der Waals surface area contributed by atoms with Crippen molar-refractivity contribution in [3.05, 3.63) is 41.6 Å². The molecule has 1 aromatic carbocycles. The smallest absolute Gasteiger partial charge is 0.0708 e. The summed E-state index contributed by atoms with van der Waals surface area (Å²) in [6.45, 7) is 6.34. The molecule has 18 heavy (non-hydrogen) atoms. The molecule has 0 unspecified atom stereocenters. The first-order valence-electron chi connectivity index (χ1n) is 6.87. The van der Waals surface area contributed by atoms with Crippen LogP contribution in [-0.4, -0.2) is 11.5 Å². The number of aryl methyl sites for hydroxylation is 1. The van der Waals surface area contributed by atoms with Gasteiger partial charge in [-0.15, -0.1) is 0 Å². The summed E-state index contributed by atoms with van der Waals surface area (Å²) in [4.78, 5) is 4.57. The number of aromatic nitrogens is 1. The van der Waals surface area contributed by atoms with Crippen molar-refractivity contribution in [3.8, 4) is 0 Å².